The van der Waals surface area contributed by atoms with Crippen molar-refractivity contribution in [3.05, 3.63) is 146 Å². The smallest absolute Gasteiger partial charge is 0.282 e. The summed E-state index contributed by atoms with van der Waals surface area (Å²) < 4.78 is 15.5. The van der Waals surface area contributed by atoms with E-state index >= 15 is 0 Å². The number of hydrogen-bond donors (Lipinski definition) is 0. The highest BCUT2D eigenvalue weighted by Crippen LogP contribution is 2.28. The third-order valence-corrected chi connectivity index (χ3v) is 8.41. The van der Waals surface area contributed by atoms with Crippen molar-refractivity contribution in [2.75, 3.05) is 0 Å². The number of hydrogen-bond acceptors (Lipinski definition) is 5. The fraction of sp³-hybridized carbons (Fsp3) is 0.0833. The Hall–Kier alpha value is -5.11. The number of furan rings is 1. The molecule has 0 bridgehead atoms. The number of aromatic nitrogens is 3. The average molecular weight is 634 g/mol. The highest BCUT2D eigenvalue weighted by Gasteiger charge is 2.17. The van der Waals surface area contributed by atoms with Gasteiger partial charge in [-0.15, -0.1) is 0 Å². The summed E-state index contributed by atoms with van der Waals surface area (Å²) in [5.41, 5.74) is 5.75. The summed E-state index contributed by atoms with van der Waals surface area (Å²) in [6.07, 6.45) is 1.69. The van der Waals surface area contributed by atoms with Crippen LogP contribution in [-0.2, 0) is 6.61 Å². The van der Waals surface area contributed by atoms with Crippen molar-refractivity contribution in [1.29, 1.82) is 0 Å². The van der Waals surface area contributed by atoms with E-state index in [-0.39, 0.29) is 5.56 Å². The van der Waals surface area contributed by atoms with E-state index in [1.165, 1.54) is 4.68 Å². The van der Waals surface area contributed by atoms with Gasteiger partial charge in [0.1, 0.15) is 17.9 Å². The molecule has 0 N–H and O–H groups in total. The molecule has 0 aliphatic rings. The second-order valence-electron chi connectivity index (χ2n) is 10.7. The lowest BCUT2D eigenvalue weighted by molar-refractivity contribution is 0.306. The summed E-state index contributed by atoms with van der Waals surface area (Å²) in [7, 11) is 0. The van der Waals surface area contributed by atoms with E-state index in [1.807, 2.05) is 98.8 Å². The molecule has 3 heterocycles. The number of nitrogens with zero attached hydrogens (tertiary/aromatic N) is 4. The molecule has 0 saturated carbocycles. The maximum Gasteiger partial charge on any atom is 0.282 e. The standard InChI is InChI=1S/C36H26Cl2N4O3/c1-22-17-26(23(2)41(22)27-12-14-28(15-13-27)44-21-24-11-16-30(37)31(38)18-24)20-39-42-35(34-19-25-7-3-6-10-33(25)45-34)40-32-9-5-4-8-29(32)36(42)43/h3-20H,21H2,1-2H3. The predicted molar refractivity (Wildman–Crippen MR) is 180 cm³/mol. The van der Waals surface area contributed by atoms with Gasteiger partial charge in [-0.2, -0.15) is 9.78 Å². The molecular weight excluding hydrogens is 607 g/mol. The summed E-state index contributed by atoms with van der Waals surface area (Å²) in [6, 6.07) is 32.2. The maximum atomic E-state index is 13.7. The molecule has 0 aliphatic heterocycles. The van der Waals surface area contributed by atoms with Gasteiger partial charge >= 0.3 is 0 Å². The molecule has 45 heavy (non-hydrogen) atoms. The highest BCUT2D eigenvalue weighted by molar-refractivity contribution is 6.42. The lowest BCUT2D eigenvalue weighted by Gasteiger charge is -2.12. The van der Waals surface area contributed by atoms with Gasteiger partial charge in [-0.1, -0.05) is 59.6 Å². The number of ether oxygens (including phenoxy) is 1. The number of para-hydroxylation sites is 2. The van der Waals surface area contributed by atoms with E-state index in [0.717, 1.165) is 39.3 Å². The van der Waals surface area contributed by atoms with Crippen LogP contribution in [-0.4, -0.2) is 20.4 Å². The van der Waals surface area contributed by atoms with Gasteiger partial charge in [0.25, 0.3) is 5.56 Å². The Morgan fingerprint density at radius 2 is 1.67 bits per heavy atom. The van der Waals surface area contributed by atoms with Gasteiger partial charge in [0, 0.05) is 28.0 Å². The minimum absolute atomic E-state index is 0.280. The van der Waals surface area contributed by atoms with Crippen molar-refractivity contribution in [3.63, 3.8) is 0 Å². The number of benzene rings is 4. The Balaban J connectivity index is 1.20. The summed E-state index contributed by atoms with van der Waals surface area (Å²) in [6.45, 7) is 4.42. The molecule has 7 aromatic rings. The molecule has 0 spiro atoms. The zero-order chi connectivity index (χ0) is 31.1. The second kappa shape index (κ2) is 11.8. The van der Waals surface area contributed by atoms with Crippen LogP contribution >= 0.6 is 23.2 Å². The quantitative estimate of drug-likeness (QED) is 0.164. The Bertz CT molecular complexity index is 2270. The minimum Gasteiger partial charge on any atom is -0.489 e. The van der Waals surface area contributed by atoms with Crippen LogP contribution in [0.25, 0.3) is 39.1 Å². The van der Waals surface area contributed by atoms with Crippen molar-refractivity contribution >= 4 is 51.3 Å². The highest BCUT2D eigenvalue weighted by atomic mass is 35.5. The van der Waals surface area contributed by atoms with Crippen LogP contribution in [0.15, 0.2) is 117 Å². The molecule has 4 aromatic carbocycles. The third kappa shape index (κ3) is 5.52. The number of rotatable bonds is 7. The topological polar surface area (TPSA) is 74.5 Å². The Labute approximate surface area is 268 Å². The predicted octanol–water partition coefficient (Wildman–Crippen LogP) is 8.99. The zero-order valence-corrected chi connectivity index (χ0v) is 25.9. The van der Waals surface area contributed by atoms with E-state index in [2.05, 4.69) is 9.67 Å². The van der Waals surface area contributed by atoms with Crippen LogP contribution in [0.4, 0.5) is 0 Å². The van der Waals surface area contributed by atoms with Gasteiger partial charge in [-0.05, 0) is 86.1 Å². The van der Waals surface area contributed by atoms with Crippen LogP contribution < -0.4 is 10.3 Å². The normalized spacial score (nSPS) is 11.6. The SMILES string of the molecule is Cc1cc(C=Nn2c(-c3cc4ccccc4o3)nc3ccccc3c2=O)c(C)n1-c1ccc(OCc2ccc(Cl)c(Cl)c2)cc1. The van der Waals surface area contributed by atoms with Gasteiger partial charge in [0.15, 0.2) is 5.76 Å². The molecule has 9 heteroatoms. The molecule has 0 amide bonds. The molecule has 0 radical (unpaired) electrons. The first-order valence-corrected chi connectivity index (χ1v) is 15.0. The van der Waals surface area contributed by atoms with Gasteiger partial charge in [0.05, 0.1) is 27.2 Å². The maximum absolute atomic E-state index is 13.7. The van der Waals surface area contributed by atoms with Crippen LogP contribution in [0.5, 0.6) is 5.75 Å². The van der Waals surface area contributed by atoms with Crippen LogP contribution in [0, 0.1) is 13.8 Å². The summed E-state index contributed by atoms with van der Waals surface area (Å²) in [5, 5.41) is 7.07. The Kier molecular flexibility index (Phi) is 7.49. The van der Waals surface area contributed by atoms with Crippen molar-refractivity contribution in [2.45, 2.75) is 20.5 Å². The number of fused-ring (bicyclic) bond motifs is 2. The third-order valence-electron chi connectivity index (χ3n) is 7.67. The molecule has 3 aromatic heterocycles. The van der Waals surface area contributed by atoms with Crippen molar-refractivity contribution in [3.8, 4) is 23.0 Å². The second-order valence-corrected chi connectivity index (χ2v) is 11.5. The van der Waals surface area contributed by atoms with Gasteiger partial charge in [-0.25, -0.2) is 4.98 Å². The molecule has 0 aliphatic carbocycles. The summed E-state index contributed by atoms with van der Waals surface area (Å²) >= 11 is 12.2. The lowest BCUT2D eigenvalue weighted by Crippen LogP contribution is -2.20. The molecule has 0 saturated heterocycles. The van der Waals surface area contributed by atoms with Crippen LogP contribution in [0.1, 0.15) is 22.5 Å². The van der Waals surface area contributed by atoms with E-state index in [0.29, 0.717) is 44.7 Å². The zero-order valence-electron chi connectivity index (χ0n) is 24.4. The van der Waals surface area contributed by atoms with Crippen molar-refractivity contribution in [1.82, 2.24) is 14.2 Å². The van der Waals surface area contributed by atoms with Gasteiger partial charge in [-0.3, -0.25) is 4.79 Å². The van der Waals surface area contributed by atoms with E-state index in [4.69, 9.17) is 37.3 Å². The number of halogens is 2. The van der Waals surface area contributed by atoms with Crippen molar-refractivity contribution < 1.29 is 9.15 Å². The summed E-state index contributed by atoms with van der Waals surface area (Å²) in [5.74, 6) is 1.52. The van der Waals surface area contributed by atoms with E-state index in [1.54, 1.807) is 24.4 Å². The molecule has 0 fully saturated rings. The Morgan fingerprint density at radius 1 is 0.889 bits per heavy atom. The van der Waals surface area contributed by atoms with E-state index in [9.17, 15) is 4.79 Å². The minimum atomic E-state index is -0.280. The molecule has 7 nitrogen and oxygen atoms in total. The average Bonchev–Trinajstić information content (AvgIpc) is 3.61. The lowest BCUT2D eigenvalue weighted by atomic mass is 10.2. The fourth-order valence-corrected chi connectivity index (χ4v) is 5.73. The first-order valence-electron chi connectivity index (χ1n) is 14.3. The first kappa shape index (κ1) is 28.6. The Morgan fingerprint density at radius 3 is 2.47 bits per heavy atom. The molecule has 7 rings (SSSR count). The van der Waals surface area contributed by atoms with Gasteiger partial charge in [0.2, 0.25) is 5.82 Å². The molecule has 0 unspecified atom stereocenters. The first-order chi connectivity index (χ1) is 21.9. The molecular formula is C36H26Cl2N4O3. The van der Waals surface area contributed by atoms with E-state index < -0.39 is 0 Å². The van der Waals surface area contributed by atoms with Crippen LogP contribution in [0.2, 0.25) is 10.0 Å². The molecule has 222 valence electrons. The number of aryl methyl sites for hydroxylation is 1. The largest absolute Gasteiger partial charge is 0.489 e. The fourth-order valence-electron chi connectivity index (χ4n) is 5.41. The summed E-state index contributed by atoms with van der Waals surface area (Å²) in [4.78, 5) is 18.5. The van der Waals surface area contributed by atoms with Crippen LogP contribution in [0.3, 0.4) is 0 Å². The monoisotopic (exact) mass is 632 g/mol. The molecule has 0 atom stereocenters. The van der Waals surface area contributed by atoms with Gasteiger partial charge < -0.3 is 13.7 Å². The van der Waals surface area contributed by atoms with Crippen molar-refractivity contribution in [2.24, 2.45) is 5.10 Å².